The molecule has 2 aliphatic heterocycles. The standard InChI is InChI=1S/C30H36F3N9O5.H2/c1-3-5-25(43)35-17-26(44)40-8-6-39(7-9-40)18-20-14-23-28(41-10-12-46-13-11-41)37-27(38-42(23)19-20)21-16-34-24(36-29(45)47-4-2)15-22(21)30(31,32)33;/h3,5,14-16,19H,4,6-13,17-18H2,1-2H3,(H,35,43)(H,34,36,45);1H/b5-3-;. The van der Waals surface area contributed by atoms with Crippen LogP contribution in [0.15, 0.2) is 36.7 Å². The molecule has 5 rings (SSSR count). The van der Waals surface area contributed by atoms with E-state index >= 15 is 0 Å². The van der Waals surface area contributed by atoms with Crippen LogP contribution in [-0.2, 0) is 31.8 Å². The highest BCUT2D eigenvalue weighted by Crippen LogP contribution is 2.38. The van der Waals surface area contributed by atoms with E-state index in [0.717, 1.165) is 17.8 Å². The lowest BCUT2D eigenvalue weighted by Gasteiger charge is -2.34. The van der Waals surface area contributed by atoms with Gasteiger partial charge in [-0.15, -0.1) is 5.10 Å². The molecule has 2 aliphatic rings. The van der Waals surface area contributed by atoms with Crippen LogP contribution in [0.2, 0.25) is 0 Å². The predicted octanol–water partition coefficient (Wildman–Crippen LogP) is 2.80. The molecular weight excluding hydrogens is 623 g/mol. The van der Waals surface area contributed by atoms with E-state index in [9.17, 15) is 27.6 Å². The number of fused-ring (bicyclic) bond motifs is 1. The number of hydrogen-bond acceptors (Lipinski definition) is 10. The quantitative estimate of drug-likeness (QED) is 0.328. The van der Waals surface area contributed by atoms with Crippen LogP contribution in [0.5, 0.6) is 0 Å². The molecule has 14 nitrogen and oxygen atoms in total. The van der Waals surface area contributed by atoms with E-state index in [4.69, 9.17) is 9.47 Å². The average molecular weight is 662 g/mol. The van der Waals surface area contributed by atoms with Crippen LogP contribution in [0.3, 0.4) is 0 Å². The molecule has 0 unspecified atom stereocenters. The van der Waals surface area contributed by atoms with E-state index in [1.165, 1.54) is 10.6 Å². The maximum absolute atomic E-state index is 14.3. The third-order valence-corrected chi connectivity index (χ3v) is 7.63. The number of allylic oxidation sites excluding steroid dienone is 1. The largest absolute Gasteiger partial charge is 0.450 e. The Morgan fingerprint density at radius 1 is 1.11 bits per heavy atom. The molecule has 2 N–H and O–H groups in total. The van der Waals surface area contributed by atoms with Gasteiger partial charge in [0.05, 0.1) is 37.5 Å². The van der Waals surface area contributed by atoms with E-state index in [2.05, 4.69) is 30.6 Å². The first-order valence-corrected chi connectivity index (χ1v) is 15.2. The summed E-state index contributed by atoms with van der Waals surface area (Å²) < 4.78 is 54.7. The minimum Gasteiger partial charge on any atom is -0.450 e. The molecule has 2 fully saturated rings. The Kier molecular flexibility index (Phi) is 10.6. The molecule has 3 aromatic rings. The van der Waals surface area contributed by atoms with Gasteiger partial charge in [0.15, 0.2) is 11.6 Å². The second kappa shape index (κ2) is 14.8. The zero-order valence-electron chi connectivity index (χ0n) is 26.0. The van der Waals surface area contributed by atoms with Crippen molar-refractivity contribution in [2.45, 2.75) is 26.6 Å². The molecule has 5 heterocycles. The fraction of sp³-hybridized carbons (Fsp3) is 0.467. The summed E-state index contributed by atoms with van der Waals surface area (Å²) in [5.74, 6) is -0.527. The SMILES string of the molecule is C/C=C\C(=O)NCC(=O)N1CCN(Cc2cc3c(N4CCOCC4)nc(-c4cnc(NC(=O)OCC)cc4C(F)(F)F)nn3c2)CC1.[HH]. The summed E-state index contributed by atoms with van der Waals surface area (Å²) in [4.78, 5) is 50.5. The average Bonchev–Trinajstić information content (AvgIpc) is 3.46. The van der Waals surface area contributed by atoms with Crippen molar-refractivity contribution in [1.82, 2.24) is 34.7 Å². The van der Waals surface area contributed by atoms with E-state index in [1.807, 2.05) is 11.0 Å². The summed E-state index contributed by atoms with van der Waals surface area (Å²) in [6.07, 6.45) is -0.0123. The Bertz CT molecular complexity index is 1640. The summed E-state index contributed by atoms with van der Waals surface area (Å²) in [6.45, 7) is 7.81. The third kappa shape index (κ3) is 8.34. The zero-order chi connectivity index (χ0) is 33.6. The molecule has 2 saturated heterocycles. The van der Waals surface area contributed by atoms with Crippen molar-refractivity contribution in [1.29, 1.82) is 0 Å². The van der Waals surface area contributed by atoms with Crippen LogP contribution in [0.4, 0.5) is 29.6 Å². The maximum atomic E-state index is 14.3. The molecule has 0 radical (unpaired) electrons. The van der Waals surface area contributed by atoms with Gasteiger partial charge < -0.3 is 24.6 Å². The Hall–Kier alpha value is -4.77. The Balaban J connectivity index is 0.00000520. The van der Waals surface area contributed by atoms with Gasteiger partial charge in [-0.05, 0) is 37.6 Å². The second-order valence-electron chi connectivity index (χ2n) is 10.9. The Morgan fingerprint density at radius 3 is 2.53 bits per heavy atom. The van der Waals surface area contributed by atoms with Crippen molar-refractivity contribution >= 4 is 35.1 Å². The highest BCUT2D eigenvalue weighted by atomic mass is 19.4. The molecule has 0 spiro atoms. The van der Waals surface area contributed by atoms with E-state index < -0.39 is 17.8 Å². The van der Waals surface area contributed by atoms with Crippen LogP contribution in [-0.4, -0.2) is 113 Å². The summed E-state index contributed by atoms with van der Waals surface area (Å²) >= 11 is 0. The lowest BCUT2D eigenvalue weighted by Crippen LogP contribution is -2.50. The van der Waals surface area contributed by atoms with Crippen LogP contribution < -0.4 is 15.5 Å². The first-order chi connectivity index (χ1) is 22.5. The number of halogens is 3. The van der Waals surface area contributed by atoms with Crippen molar-refractivity contribution in [2.24, 2.45) is 0 Å². The minimum atomic E-state index is -4.80. The van der Waals surface area contributed by atoms with E-state index in [0.29, 0.717) is 70.4 Å². The van der Waals surface area contributed by atoms with Gasteiger partial charge in [-0.3, -0.25) is 19.8 Å². The predicted molar refractivity (Wildman–Crippen MR) is 167 cm³/mol. The summed E-state index contributed by atoms with van der Waals surface area (Å²) in [7, 11) is 0. The highest BCUT2D eigenvalue weighted by Gasteiger charge is 2.36. The van der Waals surface area contributed by atoms with Gasteiger partial charge in [-0.25, -0.2) is 19.3 Å². The van der Waals surface area contributed by atoms with Crippen molar-refractivity contribution in [2.75, 3.05) is 75.9 Å². The summed E-state index contributed by atoms with van der Waals surface area (Å²) in [6, 6.07) is 2.65. The van der Waals surface area contributed by atoms with Crippen LogP contribution in [0, 0.1) is 0 Å². The molecule has 0 bridgehead atoms. The van der Waals surface area contributed by atoms with Gasteiger partial charge in [-0.1, -0.05) is 6.08 Å². The number of morpholine rings is 1. The lowest BCUT2D eigenvalue weighted by molar-refractivity contribution is -0.137. The molecule has 47 heavy (non-hydrogen) atoms. The number of nitrogens with one attached hydrogen (secondary N) is 2. The molecule has 3 aromatic heterocycles. The third-order valence-electron chi connectivity index (χ3n) is 7.63. The Morgan fingerprint density at radius 2 is 1.85 bits per heavy atom. The number of rotatable bonds is 9. The van der Waals surface area contributed by atoms with Gasteiger partial charge in [0.1, 0.15) is 11.3 Å². The molecule has 0 saturated carbocycles. The number of amides is 3. The number of piperazine rings is 1. The number of anilines is 2. The summed E-state index contributed by atoms with van der Waals surface area (Å²) in [5.41, 5.74) is 0.0833. The monoisotopic (exact) mass is 661 g/mol. The molecule has 17 heteroatoms. The van der Waals surface area contributed by atoms with Gasteiger partial charge in [0, 0.05) is 59.6 Å². The number of alkyl halides is 3. The fourth-order valence-electron chi connectivity index (χ4n) is 5.35. The normalized spacial score (nSPS) is 16.1. The van der Waals surface area contributed by atoms with Crippen molar-refractivity contribution in [3.8, 4) is 11.4 Å². The molecule has 0 aliphatic carbocycles. The molecule has 0 aromatic carbocycles. The van der Waals surface area contributed by atoms with E-state index in [-0.39, 0.29) is 43.6 Å². The van der Waals surface area contributed by atoms with Crippen LogP contribution in [0.1, 0.15) is 26.4 Å². The fourth-order valence-corrected chi connectivity index (χ4v) is 5.35. The maximum Gasteiger partial charge on any atom is 0.417 e. The number of carbonyl (C=O) groups excluding carboxylic acids is 3. The first-order valence-electron chi connectivity index (χ1n) is 15.2. The van der Waals surface area contributed by atoms with Gasteiger partial charge >= 0.3 is 12.3 Å². The Labute approximate surface area is 270 Å². The minimum absolute atomic E-state index is 0. The molecule has 0 atom stereocenters. The van der Waals surface area contributed by atoms with Gasteiger partial charge in [0.25, 0.3) is 0 Å². The van der Waals surface area contributed by atoms with Crippen molar-refractivity contribution in [3.63, 3.8) is 0 Å². The number of nitrogens with zero attached hydrogens (tertiary/aromatic N) is 7. The smallest absolute Gasteiger partial charge is 0.417 e. The zero-order valence-corrected chi connectivity index (χ0v) is 26.0. The second-order valence-corrected chi connectivity index (χ2v) is 10.9. The summed E-state index contributed by atoms with van der Waals surface area (Å²) in [5, 5.41) is 9.26. The van der Waals surface area contributed by atoms with E-state index in [1.54, 1.807) is 31.0 Å². The molecular formula is C30H38F3N9O5. The number of hydrogen-bond donors (Lipinski definition) is 2. The van der Waals surface area contributed by atoms with Gasteiger partial charge in [-0.2, -0.15) is 13.2 Å². The topological polar surface area (TPSA) is 147 Å². The lowest BCUT2D eigenvalue weighted by atomic mass is 10.1. The number of ether oxygens (including phenoxy) is 2. The molecule has 254 valence electrons. The van der Waals surface area contributed by atoms with Gasteiger partial charge in [0.2, 0.25) is 11.8 Å². The van der Waals surface area contributed by atoms with Crippen molar-refractivity contribution < 1.29 is 38.5 Å². The number of carbonyl (C=O) groups is 3. The number of pyridine rings is 1. The number of aromatic nitrogens is 4. The van der Waals surface area contributed by atoms with Crippen LogP contribution >= 0.6 is 0 Å². The first kappa shape index (κ1) is 33.6. The highest BCUT2D eigenvalue weighted by molar-refractivity contribution is 5.91. The van der Waals surface area contributed by atoms with Crippen molar-refractivity contribution in [3.05, 3.63) is 47.8 Å². The molecule has 3 amide bonds. The van der Waals surface area contributed by atoms with Crippen LogP contribution in [0.25, 0.3) is 16.9 Å².